The van der Waals surface area contributed by atoms with Crippen molar-refractivity contribution in [2.45, 2.75) is 116 Å². The molecule has 4 N–H and O–H groups in total. The third-order valence-corrected chi connectivity index (χ3v) is 8.57. The van der Waals surface area contributed by atoms with E-state index in [1.54, 1.807) is 44.9 Å². The molecule has 15 heteroatoms. The van der Waals surface area contributed by atoms with Gasteiger partial charge in [-0.3, -0.25) is 19.2 Å². The van der Waals surface area contributed by atoms with Gasteiger partial charge in [0, 0.05) is 38.3 Å². The Morgan fingerprint density at radius 2 is 1.60 bits per heavy atom. The molecule has 1 aromatic heterocycles. The van der Waals surface area contributed by atoms with Crippen LogP contribution in [0.3, 0.4) is 0 Å². The molecule has 3 rings (SSSR count). The number of hydrogen-bond donors (Lipinski definition) is 4. The molecule has 15 nitrogen and oxygen atoms in total. The lowest BCUT2D eigenvalue weighted by Gasteiger charge is -2.33. The minimum Gasteiger partial charge on any atom is -0.467 e. The first-order chi connectivity index (χ1) is 24.3. The highest BCUT2D eigenvalue weighted by Crippen LogP contribution is 2.21. The van der Waals surface area contributed by atoms with E-state index < -0.39 is 71.0 Å². The summed E-state index contributed by atoms with van der Waals surface area (Å²) in [5.41, 5.74) is -0.800. The highest BCUT2D eigenvalue weighted by atomic mass is 16.6. The molecule has 4 atom stereocenters. The fraction of sp³-hybridized carbons (Fsp3) is 0.595. The first-order valence-corrected chi connectivity index (χ1v) is 17.6. The summed E-state index contributed by atoms with van der Waals surface area (Å²) in [5, 5.41) is 10.9. The van der Waals surface area contributed by atoms with Gasteiger partial charge in [0.25, 0.3) is 0 Å². The number of carbonyl (C=O) groups excluding carboxylic acids is 6. The molecule has 1 fully saturated rings. The number of esters is 1. The first kappa shape index (κ1) is 41.5. The molecule has 2 aromatic rings. The number of imidazole rings is 1. The third kappa shape index (κ3) is 12.1. The lowest BCUT2D eigenvalue weighted by atomic mass is 9.98. The van der Waals surface area contributed by atoms with Crippen LogP contribution < -0.4 is 21.3 Å². The van der Waals surface area contributed by atoms with Crippen molar-refractivity contribution in [1.29, 1.82) is 0 Å². The molecule has 0 bridgehead atoms. The summed E-state index contributed by atoms with van der Waals surface area (Å²) in [6, 6.07) is 5.17. The molecule has 1 aromatic carbocycles. The Morgan fingerprint density at radius 1 is 0.923 bits per heavy atom. The van der Waals surface area contributed by atoms with Crippen LogP contribution in [-0.4, -0.2) is 99.1 Å². The molecule has 52 heavy (non-hydrogen) atoms. The number of aryl methyl sites for hydroxylation is 1. The highest BCUT2D eigenvalue weighted by molar-refractivity contribution is 5.97. The fourth-order valence-electron chi connectivity index (χ4n) is 5.89. The molecule has 2 heterocycles. The van der Waals surface area contributed by atoms with Gasteiger partial charge in [-0.2, -0.15) is 0 Å². The van der Waals surface area contributed by atoms with E-state index >= 15 is 0 Å². The maximum atomic E-state index is 14.0. The number of ether oxygens (including phenoxy) is 2. The Morgan fingerprint density at radius 3 is 2.17 bits per heavy atom. The predicted molar refractivity (Wildman–Crippen MR) is 193 cm³/mol. The zero-order valence-electron chi connectivity index (χ0n) is 31.8. The molecule has 5 amide bonds. The minimum absolute atomic E-state index is 0.00825. The number of carbonyl (C=O) groups is 6. The summed E-state index contributed by atoms with van der Waals surface area (Å²) < 4.78 is 12.1. The Kier molecular flexibility index (Phi) is 14.4. The van der Waals surface area contributed by atoms with Crippen LogP contribution in [-0.2, 0) is 53.3 Å². The van der Waals surface area contributed by atoms with Crippen LogP contribution in [0.4, 0.5) is 4.79 Å². The van der Waals surface area contributed by atoms with E-state index in [0.29, 0.717) is 18.5 Å². The standard InChI is InChI=1S/C37H55N7O8/c1-23(2)18-26(30(45)39-28(33(48)51-9)19-24-14-11-10-12-15-24)40-34(49)37(6,7)42-31(46)29-16-13-17-44(29)32(47)27(20-25-21-38-22-43(25)8)41-35(50)52-36(3,4)5/h10-12,14-15,21-23,26-29H,13,16-20H2,1-9H3,(H,39,45)(H,40,49)(H,41,50)(H,42,46)/t26-,27-,28-,29-/m0/s1. The number of nitrogens with one attached hydrogen (secondary N) is 4. The normalized spacial score (nSPS) is 16.3. The van der Waals surface area contributed by atoms with Gasteiger partial charge in [0.1, 0.15) is 35.3 Å². The summed E-state index contributed by atoms with van der Waals surface area (Å²) in [6.45, 7) is 12.2. The van der Waals surface area contributed by atoms with E-state index in [4.69, 9.17) is 9.47 Å². The molecule has 1 saturated heterocycles. The van der Waals surface area contributed by atoms with Crippen LogP contribution in [0.15, 0.2) is 42.9 Å². The third-order valence-electron chi connectivity index (χ3n) is 8.57. The van der Waals surface area contributed by atoms with E-state index in [1.807, 2.05) is 44.2 Å². The average molecular weight is 726 g/mol. The van der Waals surface area contributed by atoms with Gasteiger partial charge in [-0.15, -0.1) is 0 Å². The zero-order valence-corrected chi connectivity index (χ0v) is 31.8. The van der Waals surface area contributed by atoms with Gasteiger partial charge in [-0.1, -0.05) is 44.2 Å². The van der Waals surface area contributed by atoms with Crippen molar-refractivity contribution in [3.05, 3.63) is 54.1 Å². The summed E-state index contributed by atoms with van der Waals surface area (Å²) in [7, 11) is 3.01. The lowest BCUT2D eigenvalue weighted by Crippen LogP contribution is -2.62. The van der Waals surface area contributed by atoms with Crippen LogP contribution in [0, 0.1) is 5.92 Å². The summed E-state index contributed by atoms with van der Waals surface area (Å²) in [6.07, 6.45) is 3.83. The fourth-order valence-corrected chi connectivity index (χ4v) is 5.89. The minimum atomic E-state index is -1.50. The number of benzene rings is 1. The van der Waals surface area contributed by atoms with Crippen molar-refractivity contribution in [2.24, 2.45) is 13.0 Å². The van der Waals surface area contributed by atoms with E-state index in [1.165, 1.54) is 25.9 Å². The second-order valence-corrected chi connectivity index (χ2v) is 15.1. The number of likely N-dealkylation sites (tertiary alicyclic amines) is 1. The maximum absolute atomic E-state index is 14.0. The monoisotopic (exact) mass is 725 g/mol. The Labute approximate surface area is 305 Å². The smallest absolute Gasteiger partial charge is 0.408 e. The van der Waals surface area contributed by atoms with Crippen molar-refractivity contribution in [3.63, 3.8) is 0 Å². The second-order valence-electron chi connectivity index (χ2n) is 15.1. The molecule has 0 saturated carbocycles. The topological polar surface area (TPSA) is 190 Å². The van der Waals surface area contributed by atoms with Crippen LogP contribution in [0.5, 0.6) is 0 Å². The molecule has 1 aliphatic rings. The van der Waals surface area contributed by atoms with Crippen molar-refractivity contribution in [1.82, 2.24) is 35.7 Å². The molecule has 286 valence electrons. The molecule has 0 aliphatic carbocycles. The van der Waals surface area contributed by atoms with E-state index in [-0.39, 0.29) is 31.7 Å². The zero-order chi connectivity index (χ0) is 38.8. The van der Waals surface area contributed by atoms with Gasteiger partial charge in [0.15, 0.2) is 0 Å². The van der Waals surface area contributed by atoms with Crippen molar-refractivity contribution in [2.75, 3.05) is 13.7 Å². The van der Waals surface area contributed by atoms with Crippen molar-refractivity contribution < 1.29 is 38.2 Å². The quantitative estimate of drug-likeness (QED) is 0.200. The Bertz CT molecular complexity index is 1570. The number of alkyl carbamates (subject to hydrolysis) is 1. The number of nitrogens with zero attached hydrogens (tertiary/aromatic N) is 3. The Balaban J connectivity index is 1.74. The van der Waals surface area contributed by atoms with Crippen LogP contribution >= 0.6 is 0 Å². The highest BCUT2D eigenvalue weighted by Gasteiger charge is 2.42. The summed E-state index contributed by atoms with van der Waals surface area (Å²) >= 11 is 0. The van der Waals surface area contributed by atoms with Crippen molar-refractivity contribution in [3.8, 4) is 0 Å². The predicted octanol–water partition coefficient (Wildman–Crippen LogP) is 2.17. The van der Waals surface area contributed by atoms with Crippen LogP contribution in [0.25, 0.3) is 0 Å². The lowest BCUT2D eigenvalue weighted by molar-refractivity contribution is -0.145. The van der Waals surface area contributed by atoms with E-state index in [2.05, 4.69) is 26.3 Å². The van der Waals surface area contributed by atoms with Crippen LogP contribution in [0.1, 0.15) is 79.0 Å². The van der Waals surface area contributed by atoms with E-state index in [0.717, 1.165) is 5.56 Å². The summed E-state index contributed by atoms with van der Waals surface area (Å²) in [5.74, 6) is -2.86. The van der Waals surface area contributed by atoms with Gasteiger partial charge in [-0.05, 0) is 65.4 Å². The largest absolute Gasteiger partial charge is 0.467 e. The molecule has 0 radical (unpaired) electrons. The number of amides is 5. The van der Waals surface area contributed by atoms with Gasteiger partial charge in [0.2, 0.25) is 23.6 Å². The molecular formula is C37H55N7O8. The number of hydrogen-bond acceptors (Lipinski definition) is 9. The first-order valence-electron chi connectivity index (χ1n) is 17.6. The average Bonchev–Trinajstić information content (AvgIpc) is 3.71. The van der Waals surface area contributed by atoms with E-state index in [9.17, 15) is 28.8 Å². The van der Waals surface area contributed by atoms with Crippen molar-refractivity contribution >= 4 is 35.7 Å². The number of methoxy groups -OCH3 is 1. The molecule has 1 aliphatic heterocycles. The van der Waals surface area contributed by atoms with Gasteiger partial charge < -0.3 is 40.2 Å². The molecular weight excluding hydrogens is 670 g/mol. The molecule has 0 unspecified atom stereocenters. The van der Waals surface area contributed by atoms with Gasteiger partial charge in [0.05, 0.1) is 13.4 Å². The van der Waals surface area contributed by atoms with Gasteiger partial charge in [-0.25, -0.2) is 14.6 Å². The second kappa shape index (κ2) is 18.0. The SMILES string of the molecule is COC(=O)[C@H](Cc1ccccc1)NC(=O)[C@H](CC(C)C)NC(=O)C(C)(C)NC(=O)[C@@H]1CCCN1C(=O)[C@H](Cc1cncn1C)NC(=O)OC(C)(C)C. The van der Waals surface area contributed by atoms with Gasteiger partial charge >= 0.3 is 12.1 Å². The number of aromatic nitrogens is 2. The van der Waals surface area contributed by atoms with Crippen LogP contribution in [0.2, 0.25) is 0 Å². The molecule has 0 spiro atoms. The Hall–Kier alpha value is -4.95. The summed E-state index contributed by atoms with van der Waals surface area (Å²) in [4.78, 5) is 85.9. The maximum Gasteiger partial charge on any atom is 0.408 e. The number of rotatable bonds is 15.